The van der Waals surface area contributed by atoms with Crippen LogP contribution in [0.15, 0.2) is 54.7 Å². The largest absolute Gasteiger partial charge is 0.321 e. The van der Waals surface area contributed by atoms with E-state index in [9.17, 15) is 17.6 Å². The highest BCUT2D eigenvalue weighted by atomic mass is 32.2. The smallest absolute Gasteiger partial charge is 0.267 e. The van der Waals surface area contributed by atoms with Crippen molar-refractivity contribution < 1.29 is 17.6 Å². The monoisotopic (exact) mass is 391 g/mol. The van der Waals surface area contributed by atoms with Crippen molar-refractivity contribution in [2.24, 2.45) is 0 Å². The molecule has 0 spiro atoms. The number of carbonyl (C=O) groups excluding carboxylic acids is 1. The standard InChI is InChI=1S/C17H14FN3O3S2/c1-26(23,24)21-12-8-6-11(7-9-12)20-16(22)15-10-19-17(25-15)13-4-2-3-5-14(13)18/h2-10,21H,1H3,(H,20,22). The van der Waals surface area contributed by atoms with Gasteiger partial charge in [0.05, 0.1) is 12.5 Å². The SMILES string of the molecule is CS(=O)(=O)Nc1ccc(NC(=O)c2cnc(-c3ccccc3F)s2)cc1. The predicted octanol–water partition coefficient (Wildman–Crippen LogP) is 3.57. The Morgan fingerprint density at radius 3 is 2.38 bits per heavy atom. The zero-order valence-corrected chi connectivity index (χ0v) is 15.2. The third-order valence-corrected chi connectivity index (χ3v) is 4.92. The zero-order chi connectivity index (χ0) is 18.7. The van der Waals surface area contributed by atoms with Crippen LogP contribution in [0.4, 0.5) is 15.8 Å². The lowest BCUT2D eigenvalue weighted by molar-refractivity contribution is 0.103. The second-order valence-corrected chi connectivity index (χ2v) is 8.19. The van der Waals surface area contributed by atoms with Crippen LogP contribution in [0.2, 0.25) is 0 Å². The van der Waals surface area contributed by atoms with E-state index in [1.54, 1.807) is 30.3 Å². The number of anilines is 2. The molecule has 26 heavy (non-hydrogen) atoms. The van der Waals surface area contributed by atoms with Gasteiger partial charge in [-0.2, -0.15) is 0 Å². The molecule has 0 saturated heterocycles. The summed E-state index contributed by atoms with van der Waals surface area (Å²) in [5.74, 6) is -0.781. The normalized spacial score (nSPS) is 11.2. The molecule has 3 aromatic rings. The van der Waals surface area contributed by atoms with Crippen molar-refractivity contribution >= 4 is 38.6 Å². The van der Waals surface area contributed by atoms with Crippen molar-refractivity contribution in [2.75, 3.05) is 16.3 Å². The molecule has 1 heterocycles. The van der Waals surface area contributed by atoms with E-state index in [-0.39, 0.29) is 5.91 Å². The van der Waals surface area contributed by atoms with Gasteiger partial charge >= 0.3 is 0 Å². The Bertz CT molecular complexity index is 1050. The molecular weight excluding hydrogens is 377 g/mol. The fourth-order valence-electron chi connectivity index (χ4n) is 2.17. The number of amides is 1. The first-order valence-electron chi connectivity index (χ1n) is 7.42. The number of benzene rings is 2. The number of rotatable bonds is 5. The maximum atomic E-state index is 13.8. The third kappa shape index (κ3) is 4.44. The molecule has 1 amide bonds. The molecule has 0 atom stereocenters. The highest BCUT2D eigenvalue weighted by Crippen LogP contribution is 2.27. The van der Waals surface area contributed by atoms with Crippen LogP contribution in [0, 0.1) is 5.82 Å². The van der Waals surface area contributed by atoms with Crippen LogP contribution in [0.1, 0.15) is 9.67 Å². The Balaban J connectivity index is 1.72. The number of nitrogens with one attached hydrogen (secondary N) is 2. The number of thiazole rings is 1. The molecule has 0 bridgehead atoms. The van der Waals surface area contributed by atoms with Gasteiger partial charge in [-0.3, -0.25) is 9.52 Å². The van der Waals surface area contributed by atoms with E-state index >= 15 is 0 Å². The predicted molar refractivity (Wildman–Crippen MR) is 100 cm³/mol. The summed E-state index contributed by atoms with van der Waals surface area (Å²) < 4.78 is 38.5. The molecule has 2 aromatic carbocycles. The Kier molecular flexibility index (Phi) is 5.01. The fraction of sp³-hybridized carbons (Fsp3) is 0.0588. The second-order valence-electron chi connectivity index (χ2n) is 5.42. The van der Waals surface area contributed by atoms with E-state index in [1.165, 1.54) is 24.4 Å². The van der Waals surface area contributed by atoms with Crippen LogP contribution in [-0.4, -0.2) is 25.6 Å². The first kappa shape index (κ1) is 18.0. The van der Waals surface area contributed by atoms with E-state index in [4.69, 9.17) is 0 Å². The van der Waals surface area contributed by atoms with Gasteiger partial charge in [0.25, 0.3) is 5.91 Å². The molecule has 0 fully saturated rings. The van der Waals surface area contributed by atoms with Crippen molar-refractivity contribution in [1.29, 1.82) is 0 Å². The van der Waals surface area contributed by atoms with Gasteiger partial charge in [0.2, 0.25) is 10.0 Å². The Labute approximate surface area is 153 Å². The fourth-order valence-corrected chi connectivity index (χ4v) is 3.57. The van der Waals surface area contributed by atoms with Crippen molar-refractivity contribution in [1.82, 2.24) is 4.98 Å². The van der Waals surface area contributed by atoms with Crippen LogP contribution in [0.25, 0.3) is 10.6 Å². The third-order valence-electron chi connectivity index (χ3n) is 3.28. The molecule has 134 valence electrons. The molecule has 0 unspecified atom stereocenters. The van der Waals surface area contributed by atoms with Gasteiger partial charge in [0.15, 0.2) is 0 Å². The summed E-state index contributed by atoms with van der Waals surface area (Å²) in [4.78, 5) is 16.8. The summed E-state index contributed by atoms with van der Waals surface area (Å²) in [6.45, 7) is 0. The molecule has 9 heteroatoms. The first-order chi connectivity index (χ1) is 12.3. The summed E-state index contributed by atoms with van der Waals surface area (Å²) in [6.07, 6.45) is 2.45. The maximum Gasteiger partial charge on any atom is 0.267 e. The quantitative estimate of drug-likeness (QED) is 0.696. The summed E-state index contributed by atoms with van der Waals surface area (Å²) in [6, 6.07) is 12.4. The Morgan fingerprint density at radius 1 is 1.08 bits per heavy atom. The van der Waals surface area contributed by atoms with Gasteiger partial charge < -0.3 is 5.32 Å². The number of halogens is 1. The van der Waals surface area contributed by atoms with Crippen LogP contribution in [-0.2, 0) is 10.0 Å². The molecule has 0 aliphatic carbocycles. The minimum atomic E-state index is -3.36. The second kappa shape index (κ2) is 7.22. The molecule has 0 aliphatic heterocycles. The molecule has 0 radical (unpaired) electrons. The van der Waals surface area contributed by atoms with Crippen molar-refractivity contribution in [3.8, 4) is 10.6 Å². The van der Waals surface area contributed by atoms with E-state index in [1.807, 2.05) is 0 Å². The van der Waals surface area contributed by atoms with E-state index in [2.05, 4.69) is 15.0 Å². The number of hydrogen-bond donors (Lipinski definition) is 2. The first-order valence-corrected chi connectivity index (χ1v) is 10.1. The average Bonchev–Trinajstić information content (AvgIpc) is 3.06. The number of nitrogens with zero attached hydrogens (tertiary/aromatic N) is 1. The summed E-state index contributed by atoms with van der Waals surface area (Å²) in [7, 11) is -3.36. The average molecular weight is 391 g/mol. The lowest BCUT2D eigenvalue weighted by Gasteiger charge is -2.06. The molecule has 2 N–H and O–H groups in total. The Hall–Kier alpha value is -2.78. The highest BCUT2D eigenvalue weighted by molar-refractivity contribution is 7.92. The number of sulfonamides is 1. The molecule has 0 saturated carbocycles. The lowest BCUT2D eigenvalue weighted by Crippen LogP contribution is -2.11. The van der Waals surface area contributed by atoms with Crippen LogP contribution in [0.3, 0.4) is 0 Å². The van der Waals surface area contributed by atoms with E-state index in [0.717, 1.165) is 17.6 Å². The van der Waals surface area contributed by atoms with Crippen molar-refractivity contribution in [3.63, 3.8) is 0 Å². The van der Waals surface area contributed by atoms with E-state index < -0.39 is 15.8 Å². The molecule has 6 nitrogen and oxygen atoms in total. The summed E-state index contributed by atoms with van der Waals surface area (Å²) in [5, 5.41) is 3.11. The Morgan fingerprint density at radius 2 is 1.73 bits per heavy atom. The van der Waals surface area contributed by atoms with Gasteiger partial charge in [0.1, 0.15) is 15.7 Å². The molecule has 1 aromatic heterocycles. The number of carbonyl (C=O) groups is 1. The highest BCUT2D eigenvalue weighted by Gasteiger charge is 2.14. The van der Waals surface area contributed by atoms with E-state index in [0.29, 0.717) is 26.8 Å². The maximum absolute atomic E-state index is 13.8. The summed E-state index contributed by atoms with van der Waals surface area (Å²) in [5.41, 5.74) is 1.23. The molecule has 3 rings (SSSR count). The summed E-state index contributed by atoms with van der Waals surface area (Å²) >= 11 is 1.08. The van der Waals surface area contributed by atoms with Gasteiger partial charge in [-0.25, -0.2) is 17.8 Å². The van der Waals surface area contributed by atoms with Gasteiger partial charge in [-0.15, -0.1) is 11.3 Å². The van der Waals surface area contributed by atoms with Crippen molar-refractivity contribution in [3.05, 3.63) is 65.4 Å². The lowest BCUT2D eigenvalue weighted by atomic mass is 10.2. The van der Waals surface area contributed by atoms with Crippen LogP contribution >= 0.6 is 11.3 Å². The van der Waals surface area contributed by atoms with Crippen LogP contribution < -0.4 is 10.0 Å². The van der Waals surface area contributed by atoms with Gasteiger partial charge in [0, 0.05) is 16.9 Å². The minimum absolute atomic E-state index is 0.335. The van der Waals surface area contributed by atoms with Crippen LogP contribution in [0.5, 0.6) is 0 Å². The van der Waals surface area contributed by atoms with Crippen molar-refractivity contribution in [2.45, 2.75) is 0 Å². The van der Waals surface area contributed by atoms with Gasteiger partial charge in [-0.05, 0) is 36.4 Å². The number of hydrogen-bond acceptors (Lipinski definition) is 5. The minimum Gasteiger partial charge on any atom is -0.321 e. The molecular formula is C17H14FN3O3S2. The number of aromatic nitrogens is 1. The zero-order valence-electron chi connectivity index (χ0n) is 13.6. The van der Waals surface area contributed by atoms with Gasteiger partial charge in [-0.1, -0.05) is 12.1 Å². The topological polar surface area (TPSA) is 88.2 Å². The molecule has 0 aliphatic rings.